The van der Waals surface area contributed by atoms with E-state index >= 15 is 0 Å². The molecule has 104 valence electrons. The van der Waals surface area contributed by atoms with E-state index in [1.54, 1.807) is 4.57 Å². The lowest BCUT2D eigenvalue weighted by molar-refractivity contribution is -0.133. The van der Waals surface area contributed by atoms with E-state index in [4.69, 9.17) is 5.11 Å². The minimum absolute atomic E-state index is 0.000359. The van der Waals surface area contributed by atoms with E-state index in [-0.39, 0.29) is 24.1 Å². The molecule has 19 heavy (non-hydrogen) atoms. The second-order valence-corrected chi connectivity index (χ2v) is 4.03. The van der Waals surface area contributed by atoms with Crippen LogP contribution >= 0.6 is 0 Å². The van der Waals surface area contributed by atoms with Gasteiger partial charge in [0, 0.05) is 33.3 Å². The van der Waals surface area contributed by atoms with E-state index in [1.165, 1.54) is 31.4 Å². The first-order chi connectivity index (χ1) is 8.90. The van der Waals surface area contributed by atoms with Crippen molar-refractivity contribution in [3.05, 3.63) is 18.2 Å². The Morgan fingerprint density at radius 1 is 1.47 bits per heavy atom. The topological polar surface area (TPSA) is 105 Å². The molecule has 0 radical (unpaired) electrons. The number of carbonyl (C=O) groups is 3. The number of nitrogens with zero attached hydrogens (tertiary/aromatic N) is 3. The molecule has 0 aromatic carbocycles. The third kappa shape index (κ3) is 4.78. The van der Waals surface area contributed by atoms with Crippen LogP contribution in [0.5, 0.6) is 0 Å². The van der Waals surface area contributed by atoms with Crippen LogP contribution in [0.2, 0.25) is 0 Å². The predicted molar refractivity (Wildman–Crippen MR) is 65.5 cm³/mol. The SMILES string of the molecule is CC(=O)N(C)CC(=O)NCCn1cnc(C(=O)O)c1. The first-order valence-electron chi connectivity index (χ1n) is 5.63. The molecule has 0 aliphatic carbocycles. The quantitative estimate of drug-likeness (QED) is 0.701. The van der Waals surface area contributed by atoms with E-state index < -0.39 is 5.97 Å². The molecular formula is C11H16N4O4. The van der Waals surface area contributed by atoms with Crippen LogP contribution in [0.25, 0.3) is 0 Å². The molecule has 1 heterocycles. The summed E-state index contributed by atoms with van der Waals surface area (Å²) >= 11 is 0. The molecule has 2 N–H and O–H groups in total. The third-order valence-corrected chi connectivity index (χ3v) is 2.46. The Hall–Kier alpha value is -2.38. The molecule has 0 spiro atoms. The largest absolute Gasteiger partial charge is 0.476 e. The zero-order chi connectivity index (χ0) is 14.4. The number of hydrogen-bond acceptors (Lipinski definition) is 4. The zero-order valence-electron chi connectivity index (χ0n) is 10.8. The van der Waals surface area contributed by atoms with Gasteiger partial charge in [-0.15, -0.1) is 0 Å². The monoisotopic (exact) mass is 268 g/mol. The minimum Gasteiger partial charge on any atom is -0.476 e. The number of hydrogen-bond donors (Lipinski definition) is 2. The fraction of sp³-hybridized carbons (Fsp3) is 0.455. The van der Waals surface area contributed by atoms with Crippen LogP contribution in [-0.4, -0.2) is 57.5 Å². The van der Waals surface area contributed by atoms with Crippen molar-refractivity contribution in [3.63, 3.8) is 0 Å². The third-order valence-electron chi connectivity index (χ3n) is 2.46. The summed E-state index contributed by atoms with van der Waals surface area (Å²) in [7, 11) is 1.54. The number of likely N-dealkylation sites (N-methyl/N-ethyl adjacent to an activating group) is 1. The Balaban J connectivity index is 2.31. The highest BCUT2D eigenvalue weighted by atomic mass is 16.4. The van der Waals surface area contributed by atoms with Crippen LogP contribution in [0, 0.1) is 0 Å². The predicted octanol–water partition coefficient (Wildman–Crippen LogP) is -0.824. The lowest BCUT2D eigenvalue weighted by atomic mass is 10.4. The summed E-state index contributed by atoms with van der Waals surface area (Å²) in [4.78, 5) is 37.9. The van der Waals surface area contributed by atoms with Gasteiger partial charge in [-0.05, 0) is 0 Å². The zero-order valence-corrected chi connectivity index (χ0v) is 10.8. The summed E-state index contributed by atoms with van der Waals surface area (Å²) in [6, 6.07) is 0. The molecule has 1 rings (SSSR count). The summed E-state index contributed by atoms with van der Waals surface area (Å²) in [6.07, 6.45) is 2.77. The molecule has 8 heteroatoms. The molecule has 1 aromatic heterocycles. The highest BCUT2D eigenvalue weighted by Gasteiger charge is 2.09. The molecule has 8 nitrogen and oxygen atoms in total. The molecular weight excluding hydrogens is 252 g/mol. The van der Waals surface area contributed by atoms with Gasteiger partial charge in [0.2, 0.25) is 11.8 Å². The maximum absolute atomic E-state index is 11.4. The molecule has 0 fully saturated rings. The van der Waals surface area contributed by atoms with Crippen molar-refractivity contribution in [2.45, 2.75) is 13.5 Å². The Labute approximate surface area is 110 Å². The maximum Gasteiger partial charge on any atom is 0.356 e. The summed E-state index contributed by atoms with van der Waals surface area (Å²) in [5.74, 6) is -1.54. The van der Waals surface area contributed by atoms with Crippen molar-refractivity contribution >= 4 is 17.8 Å². The van der Waals surface area contributed by atoms with Crippen LogP contribution < -0.4 is 5.32 Å². The van der Waals surface area contributed by atoms with Crippen LogP contribution in [0.4, 0.5) is 0 Å². The highest BCUT2D eigenvalue weighted by molar-refractivity contribution is 5.85. The van der Waals surface area contributed by atoms with Crippen LogP contribution in [-0.2, 0) is 16.1 Å². The van der Waals surface area contributed by atoms with Gasteiger partial charge < -0.3 is 19.9 Å². The van der Waals surface area contributed by atoms with E-state index in [1.807, 2.05) is 0 Å². The average molecular weight is 268 g/mol. The average Bonchev–Trinajstić information content (AvgIpc) is 2.77. The van der Waals surface area contributed by atoms with Gasteiger partial charge in [0.15, 0.2) is 5.69 Å². The number of carboxylic acids is 1. The van der Waals surface area contributed by atoms with Crippen molar-refractivity contribution in [3.8, 4) is 0 Å². The Morgan fingerprint density at radius 3 is 2.68 bits per heavy atom. The lowest BCUT2D eigenvalue weighted by Gasteiger charge is -2.14. The first kappa shape index (κ1) is 14.7. The van der Waals surface area contributed by atoms with Gasteiger partial charge in [0.1, 0.15) is 0 Å². The molecule has 0 bridgehead atoms. The Morgan fingerprint density at radius 2 is 2.16 bits per heavy atom. The fourth-order valence-electron chi connectivity index (χ4n) is 1.30. The summed E-state index contributed by atoms with van der Waals surface area (Å²) < 4.78 is 1.57. The highest BCUT2D eigenvalue weighted by Crippen LogP contribution is 1.95. The van der Waals surface area contributed by atoms with Gasteiger partial charge in [-0.3, -0.25) is 9.59 Å². The van der Waals surface area contributed by atoms with E-state index in [2.05, 4.69) is 10.3 Å². The number of nitrogens with one attached hydrogen (secondary N) is 1. The van der Waals surface area contributed by atoms with Gasteiger partial charge >= 0.3 is 5.97 Å². The Kier molecular flexibility index (Phi) is 5.04. The van der Waals surface area contributed by atoms with E-state index in [0.29, 0.717) is 13.1 Å². The van der Waals surface area contributed by atoms with Crippen LogP contribution in [0.15, 0.2) is 12.5 Å². The molecule has 2 amide bonds. The number of carbonyl (C=O) groups excluding carboxylic acids is 2. The van der Waals surface area contributed by atoms with Crippen molar-refractivity contribution in [1.29, 1.82) is 0 Å². The number of aromatic carboxylic acids is 1. The van der Waals surface area contributed by atoms with Gasteiger partial charge in [0.25, 0.3) is 0 Å². The minimum atomic E-state index is -1.09. The van der Waals surface area contributed by atoms with Crippen molar-refractivity contribution < 1.29 is 19.5 Å². The van der Waals surface area contributed by atoms with Gasteiger partial charge in [-0.2, -0.15) is 0 Å². The first-order valence-corrected chi connectivity index (χ1v) is 5.63. The van der Waals surface area contributed by atoms with Gasteiger partial charge in [0.05, 0.1) is 12.9 Å². The molecule has 1 aromatic rings. The standard InChI is InChI=1S/C11H16N4O4/c1-8(16)14(2)6-10(17)12-3-4-15-5-9(11(18)19)13-7-15/h5,7H,3-4,6H2,1-2H3,(H,12,17)(H,18,19). The number of rotatable bonds is 6. The maximum atomic E-state index is 11.4. The second-order valence-electron chi connectivity index (χ2n) is 4.03. The molecule has 0 aliphatic heterocycles. The molecule has 0 saturated carbocycles. The lowest BCUT2D eigenvalue weighted by Crippen LogP contribution is -2.38. The molecule has 0 unspecified atom stereocenters. The summed E-state index contributed by atoms with van der Waals surface area (Å²) in [5.41, 5.74) is -0.0392. The fourth-order valence-corrected chi connectivity index (χ4v) is 1.30. The summed E-state index contributed by atoms with van der Waals surface area (Å²) in [6.45, 7) is 2.13. The molecule has 0 saturated heterocycles. The van der Waals surface area contributed by atoms with E-state index in [0.717, 1.165) is 0 Å². The van der Waals surface area contributed by atoms with Crippen molar-refractivity contribution in [2.24, 2.45) is 0 Å². The molecule has 0 aliphatic rings. The Bertz CT molecular complexity index is 483. The van der Waals surface area contributed by atoms with Crippen LogP contribution in [0.3, 0.4) is 0 Å². The van der Waals surface area contributed by atoms with Crippen LogP contribution in [0.1, 0.15) is 17.4 Å². The van der Waals surface area contributed by atoms with Gasteiger partial charge in [-0.25, -0.2) is 9.78 Å². The number of aromatic nitrogens is 2. The number of carboxylic acid groups (broad SMARTS) is 1. The second kappa shape index (κ2) is 6.53. The van der Waals surface area contributed by atoms with Crippen molar-refractivity contribution in [2.75, 3.05) is 20.1 Å². The normalized spacial score (nSPS) is 10.0. The number of amides is 2. The number of imidazole rings is 1. The van der Waals surface area contributed by atoms with E-state index in [9.17, 15) is 14.4 Å². The molecule has 0 atom stereocenters. The summed E-state index contributed by atoms with van der Waals surface area (Å²) in [5, 5.41) is 11.3. The smallest absolute Gasteiger partial charge is 0.356 e. The van der Waals surface area contributed by atoms with Crippen molar-refractivity contribution in [1.82, 2.24) is 19.8 Å². The van der Waals surface area contributed by atoms with Gasteiger partial charge in [-0.1, -0.05) is 0 Å².